The van der Waals surface area contributed by atoms with Crippen molar-refractivity contribution in [2.24, 2.45) is 5.11 Å². The zero-order valence-corrected chi connectivity index (χ0v) is 12.5. The van der Waals surface area contributed by atoms with Crippen molar-refractivity contribution in [3.05, 3.63) is 45.8 Å². The molecule has 118 valence electrons. The number of carbonyl (C=O) groups excluding carboxylic acids is 2. The minimum absolute atomic E-state index is 0.155. The molecule has 0 fully saturated rings. The molecule has 8 nitrogen and oxygen atoms in total. The van der Waals surface area contributed by atoms with Crippen LogP contribution in [0.5, 0.6) is 0 Å². The van der Waals surface area contributed by atoms with Crippen molar-refractivity contribution in [1.29, 1.82) is 0 Å². The van der Waals surface area contributed by atoms with Gasteiger partial charge >= 0.3 is 5.97 Å². The third-order valence-electron chi connectivity index (χ3n) is 2.76. The fraction of sp³-hybridized carbons (Fsp3) is 0.429. The third-order valence-corrected chi connectivity index (χ3v) is 2.76. The third kappa shape index (κ3) is 6.25. The smallest absolute Gasteiger partial charge is 0.337 e. The Morgan fingerprint density at radius 1 is 1.36 bits per heavy atom. The first kappa shape index (κ1) is 17.5. The van der Waals surface area contributed by atoms with Crippen molar-refractivity contribution in [3.8, 4) is 0 Å². The van der Waals surface area contributed by atoms with Gasteiger partial charge in [0.15, 0.2) is 0 Å². The van der Waals surface area contributed by atoms with Crippen LogP contribution in [-0.4, -0.2) is 31.8 Å². The molecule has 0 aliphatic carbocycles. The van der Waals surface area contributed by atoms with Gasteiger partial charge in [0.1, 0.15) is 6.23 Å². The average Bonchev–Trinajstić information content (AvgIpc) is 2.52. The predicted octanol–water partition coefficient (Wildman–Crippen LogP) is 2.15. The molecule has 0 bridgehead atoms. The zero-order chi connectivity index (χ0) is 16.4. The highest BCUT2D eigenvalue weighted by atomic mass is 16.5. The molecule has 1 amide bonds. The van der Waals surface area contributed by atoms with Crippen LogP contribution in [0.1, 0.15) is 29.3 Å². The van der Waals surface area contributed by atoms with E-state index < -0.39 is 12.2 Å². The van der Waals surface area contributed by atoms with E-state index in [2.05, 4.69) is 20.1 Å². The second kappa shape index (κ2) is 9.38. The molecular formula is C14H18N4O4. The van der Waals surface area contributed by atoms with Gasteiger partial charge in [-0.05, 0) is 29.6 Å². The first-order chi connectivity index (χ1) is 10.6. The standard InChI is InChI=1S/C14H18N4O4/c1-10(19)16-8-7-13(17-18-15)22-9-11-3-5-12(6-4-11)14(20)21-2/h3-6,13H,7-9H2,1-2H3,(H,16,19). The van der Waals surface area contributed by atoms with Crippen LogP contribution in [-0.2, 0) is 20.9 Å². The van der Waals surface area contributed by atoms with Gasteiger partial charge in [-0.1, -0.05) is 17.2 Å². The van der Waals surface area contributed by atoms with E-state index >= 15 is 0 Å². The number of benzene rings is 1. The molecule has 8 heteroatoms. The van der Waals surface area contributed by atoms with E-state index in [0.29, 0.717) is 18.5 Å². The Labute approximate surface area is 128 Å². The van der Waals surface area contributed by atoms with Crippen molar-refractivity contribution in [3.63, 3.8) is 0 Å². The molecule has 1 atom stereocenters. The summed E-state index contributed by atoms with van der Waals surface area (Å²) in [5.41, 5.74) is 9.78. The van der Waals surface area contributed by atoms with Gasteiger partial charge in [-0.25, -0.2) is 4.79 Å². The van der Waals surface area contributed by atoms with Gasteiger partial charge in [-0.2, -0.15) is 0 Å². The molecule has 0 aliphatic heterocycles. The van der Waals surface area contributed by atoms with Crippen molar-refractivity contribution >= 4 is 11.9 Å². The lowest BCUT2D eigenvalue weighted by Crippen LogP contribution is -2.25. The summed E-state index contributed by atoms with van der Waals surface area (Å²) < 4.78 is 10.1. The molecule has 1 N–H and O–H groups in total. The van der Waals surface area contributed by atoms with Crippen LogP contribution in [0.15, 0.2) is 29.4 Å². The molecule has 0 saturated heterocycles. The Morgan fingerprint density at radius 3 is 2.59 bits per heavy atom. The molecule has 22 heavy (non-hydrogen) atoms. The summed E-state index contributed by atoms with van der Waals surface area (Å²) >= 11 is 0. The number of methoxy groups -OCH3 is 1. The molecule has 1 aromatic rings. The summed E-state index contributed by atoms with van der Waals surface area (Å²) in [7, 11) is 1.32. The maximum absolute atomic E-state index is 11.3. The van der Waals surface area contributed by atoms with Gasteiger partial charge in [-0.3, -0.25) is 4.79 Å². The number of esters is 1. The van der Waals surface area contributed by atoms with E-state index in [0.717, 1.165) is 5.56 Å². The van der Waals surface area contributed by atoms with Crippen LogP contribution >= 0.6 is 0 Å². The van der Waals surface area contributed by atoms with E-state index in [9.17, 15) is 9.59 Å². The van der Waals surface area contributed by atoms with Crippen LogP contribution in [0.4, 0.5) is 0 Å². The monoisotopic (exact) mass is 306 g/mol. The molecule has 1 unspecified atom stereocenters. The number of nitrogens with zero attached hydrogens (tertiary/aromatic N) is 3. The van der Waals surface area contributed by atoms with Crippen LogP contribution in [0, 0.1) is 0 Å². The highest BCUT2D eigenvalue weighted by molar-refractivity contribution is 5.89. The summed E-state index contributed by atoms with van der Waals surface area (Å²) in [6.45, 7) is 2.00. The largest absolute Gasteiger partial charge is 0.465 e. The molecule has 1 rings (SSSR count). The highest BCUT2D eigenvalue weighted by Crippen LogP contribution is 2.10. The lowest BCUT2D eigenvalue weighted by molar-refractivity contribution is -0.119. The van der Waals surface area contributed by atoms with Crippen molar-refractivity contribution in [2.45, 2.75) is 26.2 Å². The first-order valence-corrected chi connectivity index (χ1v) is 6.64. The Morgan fingerprint density at radius 2 is 2.05 bits per heavy atom. The zero-order valence-electron chi connectivity index (χ0n) is 12.5. The predicted molar refractivity (Wildman–Crippen MR) is 78.8 cm³/mol. The molecule has 0 radical (unpaired) electrons. The number of amides is 1. The van der Waals surface area contributed by atoms with Gasteiger partial charge in [0.25, 0.3) is 0 Å². The lowest BCUT2D eigenvalue weighted by Gasteiger charge is -2.13. The molecular weight excluding hydrogens is 288 g/mol. The van der Waals surface area contributed by atoms with E-state index in [4.69, 9.17) is 10.3 Å². The number of hydrogen-bond donors (Lipinski definition) is 1. The van der Waals surface area contributed by atoms with Crippen molar-refractivity contribution in [1.82, 2.24) is 5.32 Å². The normalized spacial score (nSPS) is 11.2. The summed E-state index contributed by atoms with van der Waals surface area (Å²) in [6.07, 6.45) is -0.290. The van der Waals surface area contributed by atoms with Crippen LogP contribution < -0.4 is 5.32 Å². The maximum atomic E-state index is 11.3. The van der Waals surface area contributed by atoms with Crippen molar-refractivity contribution < 1.29 is 19.1 Å². The van der Waals surface area contributed by atoms with Crippen LogP contribution in [0.25, 0.3) is 10.4 Å². The van der Waals surface area contributed by atoms with E-state index in [1.54, 1.807) is 24.3 Å². The van der Waals surface area contributed by atoms with Gasteiger partial charge in [0.2, 0.25) is 5.91 Å². The lowest BCUT2D eigenvalue weighted by atomic mass is 10.1. The topological polar surface area (TPSA) is 113 Å². The minimum atomic E-state index is -0.669. The van der Waals surface area contributed by atoms with E-state index in [1.807, 2.05) is 0 Å². The fourth-order valence-corrected chi connectivity index (χ4v) is 1.65. The first-order valence-electron chi connectivity index (χ1n) is 6.64. The molecule has 0 heterocycles. The average molecular weight is 306 g/mol. The van der Waals surface area contributed by atoms with E-state index in [1.165, 1.54) is 14.0 Å². The van der Waals surface area contributed by atoms with Gasteiger partial charge in [0, 0.05) is 18.4 Å². The number of ether oxygens (including phenoxy) is 2. The highest BCUT2D eigenvalue weighted by Gasteiger charge is 2.08. The fourth-order valence-electron chi connectivity index (χ4n) is 1.65. The number of hydrogen-bond acceptors (Lipinski definition) is 5. The van der Waals surface area contributed by atoms with Crippen LogP contribution in [0.2, 0.25) is 0 Å². The summed E-state index contributed by atoms with van der Waals surface area (Å²) in [5, 5.41) is 6.13. The quantitative estimate of drug-likeness (QED) is 0.343. The maximum Gasteiger partial charge on any atom is 0.337 e. The van der Waals surface area contributed by atoms with Gasteiger partial charge in [0.05, 0.1) is 19.3 Å². The number of rotatable bonds is 8. The Kier molecular flexibility index (Phi) is 7.45. The molecule has 0 spiro atoms. The SMILES string of the molecule is COC(=O)c1ccc(COC(CCNC(C)=O)N=[N+]=[N-])cc1. The van der Waals surface area contributed by atoms with Crippen molar-refractivity contribution in [2.75, 3.05) is 13.7 Å². The summed E-state index contributed by atoms with van der Waals surface area (Å²) in [5.74, 6) is -0.562. The second-order valence-corrected chi connectivity index (χ2v) is 4.43. The molecule has 0 aliphatic rings. The van der Waals surface area contributed by atoms with E-state index in [-0.39, 0.29) is 12.5 Å². The summed E-state index contributed by atoms with van der Waals surface area (Å²) in [6, 6.07) is 6.72. The van der Waals surface area contributed by atoms with Crippen LogP contribution in [0.3, 0.4) is 0 Å². The molecule has 1 aromatic carbocycles. The minimum Gasteiger partial charge on any atom is -0.465 e. The number of nitrogens with one attached hydrogen (secondary N) is 1. The Bertz CT molecular complexity index is 552. The molecule has 0 aromatic heterocycles. The number of carbonyl (C=O) groups is 2. The second-order valence-electron chi connectivity index (χ2n) is 4.43. The number of azide groups is 1. The van der Waals surface area contributed by atoms with Gasteiger partial charge in [-0.15, -0.1) is 0 Å². The molecule has 0 saturated carbocycles. The van der Waals surface area contributed by atoms with Gasteiger partial charge < -0.3 is 14.8 Å². The summed E-state index contributed by atoms with van der Waals surface area (Å²) in [4.78, 5) is 24.8. The Balaban J connectivity index is 2.51. The Hall–Kier alpha value is -2.57.